The van der Waals surface area contributed by atoms with Crippen molar-refractivity contribution in [2.45, 2.75) is 0 Å². The molecule has 2 N–H and O–H groups in total. The minimum absolute atomic E-state index is 1.18. The quantitative estimate of drug-likeness (QED) is 0.581. The number of carboxylic acid groups (broad SMARTS) is 2. The standard InChI is InChI=1S/C6H6.C4H6.C3H3N.CH2O3/c1-2-4-6-5-3-1;1-3-4-2;1-2-3-4;2-1(3)4/h1-6H;3-4H,1-2H2;2H,1H2;(H2,2,3,4). The predicted octanol–water partition coefficient (Wildman–Crippen LogP) is 3.96. The lowest BCUT2D eigenvalue weighted by Gasteiger charge is -1.69. The Bertz CT molecular complexity index is 316. The zero-order valence-electron chi connectivity index (χ0n) is 10.1. The molecule has 1 rings (SSSR count). The van der Waals surface area contributed by atoms with Gasteiger partial charge in [0.15, 0.2) is 0 Å². The van der Waals surface area contributed by atoms with E-state index in [4.69, 9.17) is 20.3 Å². The number of allylic oxidation sites excluding steroid dienone is 3. The highest BCUT2D eigenvalue weighted by molar-refractivity contribution is 5.53. The molecule has 0 spiro atoms. The zero-order valence-corrected chi connectivity index (χ0v) is 10.1. The van der Waals surface area contributed by atoms with Gasteiger partial charge in [0.05, 0.1) is 6.07 Å². The van der Waals surface area contributed by atoms with Gasteiger partial charge in [0.2, 0.25) is 0 Å². The smallest absolute Gasteiger partial charge is 0.450 e. The van der Waals surface area contributed by atoms with Crippen LogP contribution in [0.15, 0.2) is 74.4 Å². The Labute approximate surface area is 107 Å². The molecule has 0 amide bonds. The molecule has 18 heavy (non-hydrogen) atoms. The third kappa shape index (κ3) is 72.7. The number of rotatable bonds is 1. The van der Waals surface area contributed by atoms with Gasteiger partial charge in [0.25, 0.3) is 0 Å². The summed E-state index contributed by atoms with van der Waals surface area (Å²) < 4.78 is 0. The summed E-state index contributed by atoms with van der Waals surface area (Å²) >= 11 is 0. The van der Waals surface area contributed by atoms with Crippen molar-refractivity contribution in [2.75, 3.05) is 0 Å². The maximum Gasteiger partial charge on any atom is 0.503 e. The maximum absolute atomic E-state index is 8.56. The summed E-state index contributed by atoms with van der Waals surface area (Å²) in [5.41, 5.74) is 0. The summed E-state index contributed by atoms with van der Waals surface area (Å²) in [6, 6.07) is 13.7. The fraction of sp³-hybridized carbons (Fsp3) is 0. The molecule has 0 aliphatic carbocycles. The first-order valence-electron chi connectivity index (χ1n) is 4.72. The number of nitrogens with zero attached hydrogens (tertiary/aromatic N) is 1. The van der Waals surface area contributed by atoms with E-state index in [1.807, 2.05) is 36.4 Å². The molecule has 0 heterocycles. The highest BCUT2D eigenvalue weighted by Crippen LogP contribution is 1.79. The highest BCUT2D eigenvalue weighted by atomic mass is 16.6. The number of carbonyl (C=O) groups is 1. The van der Waals surface area contributed by atoms with Gasteiger partial charge in [-0.25, -0.2) is 4.79 Å². The van der Waals surface area contributed by atoms with E-state index < -0.39 is 6.16 Å². The van der Waals surface area contributed by atoms with Crippen molar-refractivity contribution in [3.05, 3.63) is 74.4 Å². The van der Waals surface area contributed by atoms with Gasteiger partial charge >= 0.3 is 6.16 Å². The van der Waals surface area contributed by atoms with Gasteiger partial charge in [0, 0.05) is 6.08 Å². The Kier molecular flexibility index (Phi) is 27.2. The first-order valence-corrected chi connectivity index (χ1v) is 4.72. The monoisotopic (exact) mass is 247 g/mol. The molecule has 0 saturated heterocycles. The first-order chi connectivity index (χ1) is 8.56. The lowest BCUT2D eigenvalue weighted by atomic mass is 10.4. The minimum Gasteiger partial charge on any atom is -0.450 e. The van der Waals surface area contributed by atoms with E-state index in [0.717, 1.165) is 0 Å². The van der Waals surface area contributed by atoms with Crippen LogP contribution >= 0.6 is 0 Å². The van der Waals surface area contributed by atoms with Gasteiger partial charge in [-0.2, -0.15) is 5.26 Å². The maximum atomic E-state index is 8.56. The van der Waals surface area contributed by atoms with Crippen molar-refractivity contribution >= 4 is 6.16 Å². The van der Waals surface area contributed by atoms with E-state index in [2.05, 4.69) is 19.7 Å². The van der Waals surface area contributed by atoms with E-state index in [9.17, 15) is 0 Å². The molecule has 0 radical (unpaired) electrons. The molecule has 0 aliphatic rings. The van der Waals surface area contributed by atoms with Crippen LogP contribution in [-0.2, 0) is 0 Å². The van der Waals surface area contributed by atoms with Crippen LogP contribution < -0.4 is 0 Å². The number of hydrogen-bond acceptors (Lipinski definition) is 2. The normalized spacial score (nSPS) is 5.94. The Hall–Kier alpha value is -2.80. The summed E-state index contributed by atoms with van der Waals surface area (Å²) in [5.74, 6) is 0. The second-order valence-electron chi connectivity index (χ2n) is 2.24. The van der Waals surface area contributed by atoms with Crippen molar-refractivity contribution in [1.29, 1.82) is 5.26 Å². The van der Waals surface area contributed by atoms with Gasteiger partial charge in [0.1, 0.15) is 0 Å². The van der Waals surface area contributed by atoms with Crippen LogP contribution in [0.1, 0.15) is 0 Å². The average molecular weight is 247 g/mol. The van der Waals surface area contributed by atoms with E-state index in [1.165, 1.54) is 6.08 Å². The Balaban J connectivity index is -0.000000171. The summed E-state index contributed by atoms with van der Waals surface area (Å²) in [6.45, 7) is 9.84. The fourth-order valence-electron chi connectivity index (χ4n) is 0.385. The molecule has 96 valence electrons. The summed E-state index contributed by atoms with van der Waals surface area (Å²) in [4.78, 5) is 8.56. The van der Waals surface area contributed by atoms with Crippen molar-refractivity contribution < 1.29 is 15.0 Å². The van der Waals surface area contributed by atoms with Crippen LogP contribution in [0.25, 0.3) is 0 Å². The Morgan fingerprint density at radius 1 is 0.944 bits per heavy atom. The van der Waals surface area contributed by atoms with Crippen LogP contribution in [0.5, 0.6) is 0 Å². The fourth-order valence-corrected chi connectivity index (χ4v) is 0.385. The Morgan fingerprint density at radius 2 is 1.11 bits per heavy atom. The van der Waals surface area contributed by atoms with E-state index in [1.54, 1.807) is 18.2 Å². The van der Waals surface area contributed by atoms with Gasteiger partial charge in [-0.05, 0) is 0 Å². The van der Waals surface area contributed by atoms with Crippen molar-refractivity contribution in [2.24, 2.45) is 0 Å². The van der Waals surface area contributed by atoms with Crippen molar-refractivity contribution in [3.8, 4) is 6.07 Å². The van der Waals surface area contributed by atoms with Gasteiger partial charge in [-0.1, -0.05) is 68.3 Å². The summed E-state index contributed by atoms with van der Waals surface area (Å²) in [6.07, 6.45) is 2.63. The molecule has 0 atom stereocenters. The molecule has 0 saturated carbocycles. The average Bonchev–Trinajstić information content (AvgIpc) is 2.40. The molecule has 0 aromatic heterocycles. The molecule has 1 aromatic carbocycles. The molecule has 0 aliphatic heterocycles. The largest absolute Gasteiger partial charge is 0.503 e. The van der Waals surface area contributed by atoms with Crippen LogP contribution in [0.2, 0.25) is 0 Å². The number of nitriles is 1. The topological polar surface area (TPSA) is 81.3 Å². The first kappa shape index (κ1) is 20.6. The van der Waals surface area contributed by atoms with E-state index >= 15 is 0 Å². The second kappa shape index (κ2) is 23.8. The minimum atomic E-state index is -1.83. The molecule has 0 fully saturated rings. The lowest BCUT2D eigenvalue weighted by Crippen LogP contribution is -1.81. The molecule has 4 heteroatoms. The van der Waals surface area contributed by atoms with Gasteiger partial charge < -0.3 is 10.2 Å². The summed E-state index contributed by atoms with van der Waals surface area (Å²) in [5, 5.41) is 21.5. The SMILES string of the molecule is C=CC#N.C=CC=C.O=C(O)O.c1ccccc1. The third-order valence-electron chi connectivity index (χ3n) is 0.925. The lowest BCUT2D eigenvalue weighted by molar-refractivity contribution is 0.137. The zero-order chi connectivity index (χ0) is 14.6. The molecule has 4 nitrogen and oxygen atoms in total. The van der Waals surface area contributed by atoms with Crippen LogP contribution in [0.3, 0.4) is 0 Å². The van der Waals surface area contributed by atoms with Crippen molar-refractivity contribution in [1.82, 2.24) is 0 Å². The van der Waals surface area contributed by atoms with Gasteiger partial charge in [-0.3, -0.25) is 0 Å². The van der Waals surface area contributed by atoms with E-state index in [-0.39, 0.29) is 0 Å². The summed E-state index contributed by atoms with van der Waals surface area (Å²) in [7, 11) is 0. The molecular formula is C14H17NO3. The molecular weight excluding hydrogens is 230 g/mol. The van der Waals surface area contributed by atoms with Crippen LogP contribution in [-0.4, -0.2) is 16.4 Å². The number of hydrogen-bond donors (Lipinski definition) is 2. The highest BCUT2D eigenvalue weighted by Gasteiger charge is 1.70. The van der Waals surface area contributed by atoms with Crippen molar-refractivity contribution in [3.63, 3.8) is 0 Å². The predicted molar refractivity (Wildman–Crippen MR) is 73.3 cm³/mol. The molecule has 1 aromatic rings. The molecule has 0 bridgehead atoms. The van der Waals surface area contributed by atoms with Crippen LogP contribution in [0.4, 0.5) is 4.79 Å². The van der Waals surface area contributed by atoms with E-state index in [0.29, 0.717) is 0 Å². The second-order valence-corrected chi connectivity index (χ2v) is 2.24. The van der Waals surface area contributed by atoms with Gasteiger partial charge in [-0.15, -0.1) is 0 Å². The third-order valence-corrected chi connectivity index (χ3v) is 0.925. The Morgan fingerprint density at radius 3 is 1.17 bits per heavy atom. The molecule has 0 unspecified atom stereocenters. The number of benzene rings is 1. The van der Waals surface area contributed by atoms with Crippen LogP contribution in [0, 0.1) is 11.3 Å².